The molecule has 10 heteroatoms. The lowest BCUT2D eigenvalue weighted by molar-refractivity contribution is -0.132. The molecule has 0 aliphatic heterocycles. The van der Waals surface area contributed by atoms with E-state index in [4.69, 9.17) is 4.52 Å². The summed E-state index contributed by atoms with van der Waals surface area (Å²) in [5.41, 5.74) is 1.37. The fourth-order valence-electron chi connectivity index (χ4n) is 3.17. The van der Waals surface area contributed by atoms with Crippen LogP contribution in [0.25, 0.3) is 10.7 Å². The number of aryl methyl sites for hydroxylation is 1. The molecule has 1 atom stereocenters. The smallest absolute Gasteiger partial charge is 0.246 e. The molecule has 1 unspecified atom stereocenters. The van der Waals surface area contributed by atoms with Crippen LogP contribution in [0.1, 0.15) is 24.8 Å². The third-order valence-electron chi connectivity index (χ3n) is 4.53. The van der Waals surface area contributed by atoms with Crippen molar-refractivity contribution in [3.8, 4) is 10.7 Å². The van der Waals surface area contributed by atoms with E-state index in [2.05, 4.69) is 10.1 Å². The molecule has 0 N–H and O–H groups in total. The molecule has 0 spiro atoms. The van der Waals surface area contributed by atoms with Crippen molar-refractivity contribution in [2.24, 2.45) is 0 Å². The third kappa shape index (κ3) is 4.88. The first-order valence-corrected chi connectivity index (χ1v) is 12.1. The minimum atomic E-state index is -3.69. The van der Waals surface area contributed by atoms with Crippen molar-refractivity contribution in [1.29, 1.82) is 0 Å². The van der Waals surface area contributed by atoms with Gasteiger partial charge in [0.25, 0.3) is 0 Å². The van der Waals surface area contributed by atoms with Crippen molar-refractivity contribution in [2.75, 3.05) is 17.6 Å². The van der Waals surface area contributed by atoms with Gasteiger partial charge in [-0.15, -0.1) is 11.3 Å². The first-order chi connectivity index (χ1) is 14.2. The number of rotatable bonds is 8. The summed E-state index contributed by atoms with van der Waals surface area (Å²) in [4.78, 5) is 19.8. The molecular formula is C20H24N4O4S2. The Hall–Kier alpha value is -2.72. The van der Waals surface area contributed by atoms with Crippen LogP contribution in [0.15, 0.2) is 46.3 Å². The van der Waals surface area contributed by atoms with Crippen molar-refractivity contribution in [3.63, 3.8) is 0 Å². The Balaban J connectivity index is 1.83. The van der Waals surface area contributed by atoms with Crippen LogP contribution in [0.2, 0.25) is 0 Å². The molecule has 2 aromatic heterocycles. The Morgan fingerprint density at radius 2 is 2.03 bits per heavy atom. The number of thiophene rings is 1. The molecule has 0 saturated heterocycles. The van der Waals surface area contributed by atoms with Crippen LogP contribution in [0, 0.1) is 6.92 Å². The van der Waals surface area contributed by atoms with Crippen molar-refractivity contribution < 1.29 is 17.7 Å². The molecule has 3 rings (SSSR count). The molecule has 0 bridgehead atoms. The number of likely N-dealkylation sites (N-methyl/N-ethyl adjacent to an activating group) is 1. The van der Waals surface area contributed by atoms with E-state index in [1.165, 1.54) is 20.5 Å². The van der Waals surface area contributed by atoms with Gasteiger partial charge in [0.2, 0.25) is 27.6 Å². The second-order valence-corrected chi connectivity index (χ2v) is 9.81. The fourth-order valence-corrected chi connectivity index (χ4v) is 5.02. The molecule has 0 fully saturated rings. The van der Waals surface area contributed by atoms with Gasteiger partial charge in [0.1, 0.15) is 6.04 Å². The summed E-state index contributed by atoms with van der Waals surface area (Å²) < 4.78 is 31.6. The number of nitrogens with zero attached hydrogens (tertiary/aromatic N) is 4. The number of hydrogen-bond donors (Lipinski definition) is 0. The Labute approximate surface area is 180 Å². The number of anilines is 1. The summed E-state index contributed by atoms with van der Waals surface area (Å²) in [5, 5.41) is 5.86. The topological polar surface area (TPSA) is 96.6 Å². The highest BCUT2D eigenvalue weighted by molar-refractivity contribution is 7.92. The van der Waals surface area contributed by atoms with Gasteiger partial charge in [0.15, 0.2) is 0 Å². The van der Waals surface area contributed by atoms with E-state index in [9.17, 15) is 13.2 Å². The van der Waals surface area contributed by atoms with Crippen LogP contribution in [0.4, 0.5) is 5.69 Å². The van der Waals surface area contributed by atoms with Crippen molar-refractivity contribution >= 4 is 33.0 Å². The van der Waals surface area contributed by atoms with E-state index in [-0.39, 0.29) is 18.3 Å². The Morgan fingerprint density at radius 3 is 2.63 bits per heavy atom. The van der Waals surface area contributed by atoms with Crippen LogP contribution in [0.3, 0.4) is 0 Å². The number of benzene rings is 1. The van der Waals surface area contributed by atoms with E-state index >= 15 is 0 Å². The Morgan fingerprint density at radius 1 is 1.27 bits per heavy atom. The molecule has 30 heavy (non-hydrogen) atoms. The summed E-state index contributed by atoms with van der Waals surface area (Å²) in [7, 11) is -2.09. The average molecular weight is 449 g/mol. The van der Waals surface area contributed by atoms with Gasteiger partial charge >= 0.3 is 0 Å². The summed E-state index contributed by atoms with van der Waals surface area (Å²) in [6.07, 6.45) is 1.42. The third-order valence-corrected chi connectivity index (χ3v) is 6.57. The first kappa shape index (κ1) is 22.0. The van der Waals surface area contributed by atoms with E-state index in [1.807, 2.05) is 30.5 Å². The fraction of sp³-hybridized carbons (Fsp3) is 0.350. The molecule has 160 valence electrons. The van der Waals surface area contributed by atoms with Crippen LogP contribution in [-0.2, 0) is 21.4 Å². The molecule has 1 amide bonds. The molecular weight excluding hydrogens is 424 g/mol. The first-order valence-electron chi connectivity index (χ1n) is 9.38. The SMILES string of the molecule is CCC(C(=O)N(C)Cc1nc(-c2cccs2)no1)N(c1cccc(C)c1)S(C)(=O)=O. The standard InChI is InChI=1S/C20H24N4O4S2/c1-5-16(24(30(4,26)27)15-9-6-8-14(2)12-15)20(25)23(3)13-18-21-19(22-28-18)17-10-7-11-29-17/h6-12,16H,5,13H2,1-4H3. The number of hydrogen-bond acceptors (Lipinski definition) is 7. The zero-order valence-electron chi connectivity index (χ0n) is 17.3. The summed E-state index contributed by atoms with van der Waals surface area (Å²) in [6, 6.07) is 9.98. The normalized spacial score (nSPS) is 12.5. The lowest BCUT2D eigenvalue weighted by Crippen LogP contribution is -2.49. The van der Waals surface area contributed by atoms with E-state index in [0.29, 0.717) is 17.9 Å². The van der Waals surface area contributed by atoms with Gasteiger partial charge in [-0.1, -0.05) is 30.3 Å². The molecule has 3 aromatic rings. The van der Waals surface area contributed by atoms with Crippen molar-refractivity contribution in [1.82, 2.24) is 15.0 Å². The molecule has 0 aliphatic carbocycles. The Kier molecular flexibility index (Phi) is 6.57. The van der Waals surface area contributed by atoms with Crippen LogP contribution >= 0.6 is 11.3 Å². The lowest BCUT2D eigenvalue weighted by Gasteiger charge is -2.32. The van der Waals surface area contributed by atoms with E-state index in [0.717, 1.165) is 16.7 Å². The Bertz CT molecular complexity index is 1110. The maximum Gasteiger partial charge on any atom is 0.246 e. The highest BCUT2D eigenvalue weighted by Gasteiger charge is 2.33. The summed E-state index contributed by atoms with van der Waals surface area (Å²) in [6.45, 7) is 3.74. The average Bonchev–Trinajstić information content (AvgIpc) is 3.36. The van der Waals surface area contributed by atoms with Crippen LogP contribution < -0.4 is 4.31 Å². The number of carbonyl (C=O) groups excluding carboxylic acids is 1. The number of amides is 1. The largest absolute Gasteiger partial charge is 0.337 e. The minimum Gasteiger partial charge on any atom is -0.337 e. The summed E-state index contributed by atoms with van der Waals surface area (Å²) >= 11 is 1.49. The van der Waals surface area contributed by atoms with Gasteiger partial charge in [-0.05, 0) is 42.5 Å². The van der Waals surface area contributed by atoms with Gasteiger partial charge < -0.3 is 9.42 Å². The van der Waals surface area contributed by atoms with Gasteiger partial charge in [-0.2, -0.15) is 4.98 Å². The van der Waals surface area contributed by atoms with E-state index < -0.39 is 16.1 Å². The maximum absolute atomic E-state index is 13.2. The maximum atomic E-state index is 13.2. The zero-order valence-corrected chi connectivity index (χ0v) is 18.9. The highest BCUT2D eigenvalue weighted by Crippen LogP contribution is 2.25. The molecule has 2 heterocycles. The predicted octanol–water partition coefficient (Wildman–Crippen LogP) is 3.31. The van der Waals surface area contributed by atoms with E-state index in [1.54, 1.807) is 32.2 Å². The van der Waals surface area contributed by atoms with Crippen molar-refractivity contribution in [3.05, 3.63) is 53.2 Å². The molecule has 0 aliphatic rings. The van der Waals surface area contributed by atoms with Gasteiger partial charge in [0.05, 0.1) is 23.4 Å². The number of aromatic nitrogens is 2. The minimum absolute atomic E-state index is 0.0825. The second kappa shape index (κ2) is 8.97. The quantitative estimate of drug-likeness (QED) is 0.524. The van der Waals surface area contributed by atoms with Gasteiger partial charge in [-0.3, -0.25) is 9.10 Å². The molecule has 0 radical (unpaired) electrons. The highest BCUT2D eigenvalue weighted by atomic mass is 32.2. The monoisotopic (exact) mass is 448 g/mol. The van der Waals surface area contributed by atoms with Crippen LogP contribution in [-0.4, -0.2) is 48.7 Å². The number of sulfonamides is 1. The molecule has 1 aromatic carbocycles. The van der Waals surface area contributed by atoms with Gasteiger partial charge in [0, 0.05) is 7.05 Å². The summed E-state index contributed by atoms with van der Waals surface area (Å²) in [5.74, 6) is 0.399. The predicted molar refractivity (Wildman–Crippen MR) is 117 cm³/mol. The second-order valence-electron chi connectivity index (χ2n) is 7.01. The number of carbonyl (C=O) groups is 1. The van der Waals surface area contributed by atoms with Crippen LogP contribution in [0.5, 0.6) is 0 Å². The van der Waals surface area contributed by atoms with Crippen molar-refractivity contribution in [2.45, 2.75) is 32.9 Å². The molecule has 0 saturated carbocycles. The molecule has 8 nitrogen and oxygen atoms in total. The van der Waals surface area contributed by atoms with Gasteiger partial charge in [-0.25, -0.2) is 8.42 Å². The lowest BCUT2D eigenvalue weighted by atomic mass is 10.1. The zero-order chi connectivity index (χ0) is 21.9.